The molecule has 0 saturated heterocycles. The number of nitrogens with one attached hydrogen (secondary N) is 2. The predicted octanol–water partition coefficient (Wildman–Crippen LogP) is 6.05. The van der Waals surface area contributed by atoms with Crippen molar-refractivity contribution in [3.63, 3.8) is 0 Å². The fourth-order valence-corrected chi connectivity index (χ4v) is 4.75. The van der Waals surface area contributed by atoms with E-state index in [-0.39, 0.29) is 11.8 Å². The van der Waals surface area contributed by atoms with Crippen LogP contribution in [0.5, 0.6) is 0 Å². The highest BCUT2D eigenvalue weighted by atomic mass is 35.5. The van der Waals surface area contributed by atoms with E-state index in [0.29, 0.717) is 27.7 Å². The van der Waals surface area contributed by atoms with Gasteiger partial charge >= 0.3 is 0 Å². The second-order valence-electron chi connectivity index (χ2n) is 7.44. The highest BCUT2D eigenvalue weighted by molar-refractivity contribution is 8.04. The summed E-state index contributed by atoms with van der Waals surface area (Å²) in [5.74, 6) is -0.303. The van der Waals surface area contributed by atoms with Gasteiger partial charge in [-0.3, -0.25) is 9.59 Å². The van der Waals surface area contributed by atoms with Crippen molar-refractivity contribution in [2.24, 2.45) is 0 Å². The molecule has 30 heavy (non-hydrogen) atoms. The first-order valence-electron chi connectivity index (χ1n) is 10.1. The number of hydrogen-bond donors (Lipinski definition) is 2. The van der Waals surface area contributed by atoms with E-state index in [1.165, 1.54) is 30.2 Å². The highest BCUT2D eigenvalue weighted by Gasteiger charge is 2.22. The van der Waals surface area contributed by atoms with Gasteiger partial charge in [-0.2, -0.15) is 0 Å². The highest BCUT2D eigenvalue weighted by Crippen LogP contribution is 2.39. The van der Waals surface area contributed by atoms with E-state index in [0.717, 1.165) is 29.7 Å². The SMILES string of the molecule is O=C1Nc2cc(C(=O)NCCC3=CCCCC3)ccc2SC1=Cc1cccc(Cl)c1. The largest absolute Gasteiger partial charge is 0.352 e. The van der Waals surface area contributed by atoms with Crippen LogP contribution >= 0.6 is 23.4 Å². The smallest absolute Gasteiger partial charge is 0.262 e. The van der Waals surface area contributed by atoms with Crippen LogP contribution in [-0.4, -0.2) is 18.4 Å². The molecule has 2 aromatic rings. The summed E-state index contributed by atoms with van der Waals surface area (Å²) < 4.78 is 0. The Labute approximate surface area is 185 Å². The lowest BCUT2D eigenvalue weighted by molar-refractivity contribution is -0.112. The van der Waals surface area contributed by atoms with E-state index < -0.39 is 0 Å². The van der Waals surface area contributed by atoms with Crippen molar-refractivity contribution in [3.05, 3.63) is 75.2 Å². The number of carbonyl (C=O) groups is 2. The van der Waals surface area contributed by atoms with Crippen LogP contribution in [0.15, 0.2) is 63.9 Å². The van der Waals surface area contributed by atoms with Crippen LogP contribution in [0.2, 0.25) is 5.02 Å². The first kappa shape index (κ1) is 20.8. The molecule has 1 aliphatic heterocycles. The molecule has 0 aromatic heterocycles. The van der Waals surface area contributed by atoms with Crippen LogP contribution in [0, 0.1) is 0 Å². The molecule has 4 nitrogen and oxygen atoms in total. The fraction of sp³-hybridized carbons (Fsp3) is 0.250. The summed E-state index contributed by atoms with van der Waals surface area (Å²) in [7, 11) is 0. The van der Waals surface area contributed by atoms with Gasteiger partial charge in [-0.15, -0.1) is 0 Å². The Kier molecular flexibility index (Phi) is 6.60. The maximum Gasteiger partial charge on any atom is 0.262 e. The number of carbonyl (C=O) groups excluding carboxylic acids is 2. The summed E-state index contributed by atoms with van der Waals surface area (Å²) >= 11 is 7.42. The molecule has 1 aliphatic carbocycles. The first-order chi connectivity index (χ1) is 14.6. The third-order valence-electron chi connectivity index (χ3n) is 5.20. The van der Waals surface area contributed by atoms with E-state index >= 15 is 0 Å². The lowest BCUT2D eigenvalue weighted by atomic mass is 9.97. The summed E-state index contributed by atoms with van der Waals surface area (Å²) in [6, 6.07) is 12.8. The normalized spacial score (nSPS) is 17.2. The van der Waals surface area contributed by atoms with Gasteiger partial charge < -0.3 is 10.6 Å². The molecule has 2 aliphatic rings. The van der Waals surface area contributed by atoms with Gasteiger partial charge in [0.1, 0.15) is 0 Å². The molecule has 6 heteroatoms. The summed E-state index contributed by atoms with van der Waals surface area (Å²) in [6.07, 6.45) is 9.83. The van der Waals surface area contributed by atoms with Crippen LogP contribution in [-0.2, 0) is 4.79 Å². The molecule has 0 atom stereocenters. The fourth-order valence-electron chi connectivity index (χ4n) is 3.62. The monoisotopic (exact) mass is 438 g/mol. The van der Waals surface area contributed by atoms with Crippen molar-refractivity contribution >= 4 is 46.9 Å². The van der Waals surface area contributed by atoms with Crippen LogP contribution in [0.4, 0.5) is 5.69 Å². The van der Waals surface area contributed by atoms with Gasteiger partial charge in [0.2, 0.25) is 0 Å². The lowest BCUT2D eigenvalue weighted by Gasteiger charge is -2.19. The van der Waals surface area contributed by atoms with Crippen molar-refractivity contribution in [2.75, 3.05) is 11.9 Å². The summed E-state index contributed by atoms with van der Waals surface area (Å²) in [5.41, 5.74) is 3.52. The number of rotatable bonds is 5. The third-order valence-corrected chi connectivity index (χ3v) is 6.53. The Bertz CT molecular complexity index is 1050. The molecule has 0 spiro atoms. The number of fused-ring (bicyclic) bond motifs is 1. The zero-order chi connectivity index (χ0) is 20.9. The van der Waals surface area contributed by atoms with E-state index in [1.54, 1.807) is 18.2 Å². The molecule has 2 amide bonds. The number of hydrogen-bond acceptors (Lipinski definition) is 3. The molecule has 1 heterocycles. The molecule has 0 saturated carbocycles. The second-order valence-corrected chi connectivity index (χ2v) is 8.96. The van der Waals surface area contributed by atoms with Gasteiger partial charge in [0.25, 0.3) is 11.8 Å². The van der Waals surface area contributed by atoms with Crippen LogP contribution < -0.4 is 10.6 Å². The Morgan fingerprint density at radius 3 is 2.90 bits per heavy atom. The minimum Gasteiger partial charge on any atom is -0.352 e. The molecular formula is C24H23ClN2O2S. The van der Waals surface area contributed by atoms with Gasteiger partial charge in [0.15, 0.2) is 0 Å². The molecule has 2 aromatic carbocycles. The molecule has 2 N–H and O–H groups in total. The maximum atomic E-state index is 12.5. The minimum absolute atomic E-state index is 0.117. The molecule has 0 unspecified atom stereocenters. The first-order valence-corrected chi connectivity index (χ1v) is 11.3. The topological polar surface area (TPSA) is 58.2 Å². The van der Waals surface area contributed by atoms with Crippen LogP contribution in [0.1, 0.15) is 48.0 Å². The van der Waals surface area contributed by atoms with E-state index in [9.17, 15) is 9.59 Å². The van der Waals surface area contributed by atoms with Crippen molar-refractivity contribution in [2.45, 2.75) is 37.0 Å². The maximum absolute atomic E-state index is 12.5. The number of halogens is 1. The zero-order valence-electron chi connectivity index (χ0n) is 16.5. The van der Waals surface area contributed by atoms with Crippen molar-refractivity contribution in [1.82, 2.24) is 5.32 Å². The number of anilines is 1. The van der Waals surface area contributed by atoms with Gasteiger partial charge in [0.05, 0.1) is 10.6 Å². The molecule has 4 rings (SSSR count). The summed E-state index contributed by atoms with van der Waals surface area (Å²) in [6.45, 7) is 0.634. The average Bonchev–Trinajstić information content (AvgIpc) is 2.75. The van der Waals surface area contributed by atoms with Crippen LogP contribution in [0.3, 0.4) is 0 Å². The van der Waals surface area contributed by atoms with Gasteiger partial charge in [0, 0.05) is 22.0 Å². The average molecular weight is 439 g/mol. The summed E-state index contributed by atoms with van der Waals surface area (Å²) in [4.78, 5) is 26.5. The molecule has 0 bridgehead atoms. The zero-order valence-corrected chi connectivity index (χ0v) is 18.1. The Morgan fingerprint density at radius 2 is 2.10 bits per heavy atom. The Balaban J connectivity index is 1.41. The minimum atomic E-state index is -0.186. The van der Waals surface area contributed by atoms with Gasteiger partial charge in [-0.1, -0.05) is 47.1 Å². The number of allylic oxidation sites excluding steroid dienone is 1. The van der Waals surface area contributed by atoms with Gasteiger partial charge in [-0.05, 0) is 74.1 Å². The Hall–Kier alpha value is -2.50. The number of thioether (sulfide) groups is 1. The predicted molar refractivity (Wildman–Crippen MR) is 124 cm³/mol. The summed E-state index contributed by atoms with van der Waals surface area (Å²) in [5, 5.41) is 6.51. The second kappa shape index (κ2) is 9.54. The molecule has 0 radical (unpaired) electrons. The van der Waals surface area contributed by atoms with Crippen molar-refractivity contribution in [1.29, 1.82) is 0 Å². The molecular weight excluding hydrogens is 416 g/mol. The number of benzene rings is 2. The van der Waals surface area contributed by atoms with Crippen LogP contribution in [0.25, 0.3) is 6.08 Å². The lowest BCUT2D eigenvalue weighted by Crippen LogP contribution is -2.25. The number of amides is 2. The van der Waals surface area contributed by atoms with Crippen molar-refractivity contribution in [3.8, 4) is 0 Å². The van der Waals surface area contributed by atoms with Crippen molar-refractivity contribution < 1.29 is 9.59 Å². The van der Waals surface area contributed by atoms with E-state index in [1.807, 2.05) is 30.3 Å². The third kappa shape index (κ3) is 5.15. The molecule has 0 fully saturated rings. The molecule has 154 valence electrons. The Morgan fingerprint density at radius 1 is 1.20 bits per heavy atom. The van der Waals surface area contributed by atoms with E-state index in [4.69, 9.17) is 11.6 Å². The quantitative estimate of drug-likeness (QED) is 0.441. The standard InChI is InChI=1S/C24H23ClN2O2S/c25-19-8-4-7-17(13-19)14-22-24(29)27-20-15-18(9-10-21(20)30-22)23(28)26-12-11-16-5-2-1-3-6-16/h4-5,7-10,13-15H,1-3,6,11-12H2,(H,26,28)(H,27,29). The van der Waals surface area contributed by atoms with Gasteiger partial charge in [-0.25, -0.2) is 0 Å². The van der Waals surface area contributed by atoms with E-state index in [2.05, 4.69) is 16.7 Å².